The van der Waals surface area contributed by atoms with E-state index in [1.807, 2.05) is 29.6 Å². The zero-order valence-corrected chi connectivity index (χ0v) is 21.8. The number of amides is 1. The minimum Gasteiger partial charge on any atom is -0.387 e. The van der Waals surface area contributed by atoms with Gasteiger partial charge in [-0.15, -0.1) is 11.3 Å². The van der Waals surface area contributed by atoms with Crippen LogP contribution in [0.5, 0.6) is 0 Å². The van der Waals surface area contributed by atoms with Crippen LogP contribution >= 0.6 is 22.9 Å². The Kier molecular flexibility index (Phi) is 7.71. The summed E-state index contributed by atoms with van der Waals surface area (Å²) >= 11 is 7.81. The van der Waals surface area contributed by atoms with Crippen LogP contribution in [0.3, 0.4) is 0 Å². The van der Waals surface area contributed by atoms with Gasteiger partial charge in [0, 0.05) is 41.4 Å². The van der Waals surface area contributed by atoms with Crippen molar-refractivity contribution in [2.75, 3.05) is 13.1 Å². The molecule has 1 saturated heterocycles. The molecule has 2 aliphatic heterocycles. The maximum absolute atomic E-state index is 13.4. The molecule has 5 rings (SSSR count). The average Bonchev–Trinajstić information content (AvgIpc) is 3.67. The van der Waals surface area contributed by atoms with Crippen LogP contribution in [-0.2, 0) is 9.63 Å². The van der Waals surface area contributed by atoms with Crippen LogP contribution in [0, 0.1) is 0 Å². The van der Waals surface area contributed by atoms with E-state index in [0.717, 1.165) is 22.0 Å². The number of rotatable bonds is 7. The van der Waals surface area contributed by atoms with Crippen molar-refractivity contribution in [3.63, 3.8) is 0 Å². The van der Waals surface area contributed by atoms with E-state index >= 15 is 0 Å². The summed E-state index contributed by atoms with van der Waals surface area (Å²) < 4.78 is 53.5. The number of hydrogen-bond acceptors (Lipinski definition) is 6. The highest BCUT2D eigenvalue weighted by molar-refractivity contribution is 7.10. The third-order valence-corrected chi connectivity index (χ3v) is 8.20. The van der Waals surface area contributed by atoms with E-state index < -0.39 is 36.2 Å². The molecule has 1 unspecified atom stereocenters. The molecule has 2 atom stereocenters. The van der Waals surface area contributed by atoms with E-state index in [1.54, 1.807) is 4.90 Å². The molecule has 7 nitrogen and oxygen atoms in total. The molecule has 1 aromatic carbocycles. The van der Waals surface area contributed by atoms with Crippen LogP contribution in [0.15, 0.2) is 40.9 Å². The topological polar surface area (TPSA) is 72.6 Å². The first-order valence-corrected chi connectivity index (χ1v) is 13.4. The van der Waals surface area contributed by atoms with E-state index in [1.165, 1.54) is 18.3 Å². The van der Waals surface area contributed by atoms with E-state index in [0.29, 0.717) is 48.1 Å². The van der Waals surface area contributed by atoms with Gasteiger partial charge in [-0.25, -0.2) is 22.5 Å². The summed E-state index contributed by atoms with van der Waals surface area (Å²) in [5.74, 6) is -0.306. The largest absolute Gasteiger partial charge is 0.387 e. The predicted molar refractivity (Wildman–Crippen MR) is 134 cm³/mol. The average molecular weight is 570 g/mol. The minimum atomic E-state index is -3.02. The number of alkyl halides is 4. The first-order chi connectivity index (χ1) is 18.2. The SMILES string of the molecule is CC(C(=O)N1CCC(c2nc(C3=NO[C@H](c4ccccc4Cl)C3)cs2)CC1)n1nc(C(F)F)cc1C(F)F. The van der Waals surface area contributed by atoms with Crippen molar-refractivity contribution in [2.24, 2.45) is 5.16 Å². The molecule has 0 N–H and O–H groups in total. The van der Waals surface area contributed by atoms with Gasteiger partial charge in [-0.2, -0.15) is 5.10 Å². The van der Waals surface area contributed by atoms with E-state index in [2.05, 4.69) is 10.3 Å². The molecule has 4 heterocycles. The first kappa shape index (κ1) is 26.6. The molecular formula is C25H24ClF4N5O2S. The zero-order valence-electron chi connectivity index (χ0n) is 20.2. The van der Waals surface area contributed by atoms with Gasteiger partial charge in [0.05, 0.1) is 10.7 Å². The Labute approximate surface area is 225 Å². The van der Waals surface area contributed by atoms with Gasteiger partial charge in [0.1, 0.15) is 23.1 Å². The first-order valence-electron chi connectivity index (χ1n) is 12.1. The van der Waals surface area contributed by atoms with Gasteiger partial charge in [0.25, 0.3) is 12.9 Å². The number of oxime groups is 1. The van der Waals surface area contributed by atoms with Crippen LogP contribution in [-0.4, -0.2) is 44.4 Å². The van der Waals surface area contributed by atoms with Crippen molar-refractivity contribution >= 4 is 34.6 Å². The van der Waals surface area contributed by atoms with Gasteiger partial charge in [0.2, 0.25) is 5.91 Å². The van der Waals surface area contributed by atoms with E-state index in [-0.39, 0.29) is 12.0 Å². The van der Waals surface area contributed by atoms with Crippen LogP contribution < -0.4 is 0 Å². The van der Waals surface area contributed by atoms with Crippen LogP contribution in [0.25, 0.3) is 0 Å². The number of benzene rings is 1. The molecule has 202 valence electrons. The fraction of sp³-hybridized carbons (Fsp3) is 0.440. The van der Waals surface area contributed by atoms with Crippen LogP contribution in [0.1, 0.15) is 84.8 Å². The van der Waals surface area contributed by atoms with Gasteiger partial charge >= 0.3 is 0 Å². The summed E-state index contributed by atoms with van der Waals surface area (Å²) in [6.07, 6.45) is -4.46. The van der Waals surface area contributed by atoms with Crippen molar-refractivity contribution in [2.45, 2.75) is 57.1 Å². The zero-order chi connectivity index (χ0) is 27.0. The van der Waals surface area contributed by atoms with Gasteiger partial charge in [0.15, 0.2) is 6.10 Å². The second-order valence-electron chi connectivity index (χ2n) is 9.24. The lowest BCUT2D eigenvalue weighted by atomic mass is 9.97. The predicted octanol–water partition coefficient (Wildman–Crippen LogP) is 6.70. The lowest BCUT2D eigenvalue weighted by Crippen LogP contribution is -2.41. The number of piperidine rings is 1. The highest BCUT2D eigenvalue weighted by Crippen LogP contribution is 2.36. The van der Waals surface area contributed by atoms with Crippen LogP contribution in [0.2, 0.25) is 5.02 Å². The highest BCUT2D eigenvalue weighted by Gasteiger charge is 2.33. The Morgan fingerprint density at radius 2 is 1.89 bits per heavy atom. The number of hydrogen-bond donors (Lipinski definition) is 0. The number of halogens is 5. The molecule has 1 fully saturated rings. The number of nitrogens with zero attached hydrogens (tertiary/aromatic N) is 5. The summed E-state index contributed by atoms with van der Waals surface area (Å²) in [5, 5.41) is 11.3. The second-order valence-corrected chi connectivity index (χ2v) is 10.5. The maximum atomic E-state index is 13.4. The lowest BCUT2D eigenvalue weighted by molar-refractivity contribution is -0.135. The molecular weight excluding hydrogens is 546 g/mol. The Morgan fingerprint density at radius 1 is 1.16 bits per heavy atom. The van der Waals surface area contributed by atoms with Gasteiger partial charge in [-0.3, -0.25) is 9.48 Å². The molecule has 3 aromatic rings. The fourth-order valence-corrected chi connectivity index (χ4v) is 6.02. The number of carbonyl (C=O) groups excluding carboxylic acids is 1. The number of carbonyl (C=O) groups is 1. The van der Waals surface area contributed by atoms with E-state index in [4.69, 9.17) is 21.4 Å². The third-order valence-electron chi connectivity index (χ3n) is 6.85. The molecule has 0 radical (unpaired) electrons. The Balaban J connectivity index is 1.19. The Morgan fingerprint density at radius 3 is 2.58 bits per heavy atom. The summed E-state index contributed by atoms with van der Waals surface area (Å²) in [5.41, 5.74) is 0.905. The molecule has 2 aromatic heterocycles. The van der Waals surface area contributed by atoms with Crippen molar-refractivity contribution in [3.05, 3.63) is 68.4 Å². The molecule has 0 aliphatic carbocycles. The highest BCUT2D eigenvalue weighted by atomic mass is 35.5. The molecule has 13 heteroatoms. The van der Waals surface area contributed by atoms with Crippen molar-refractivity contribution in [1.29, 1.82) is 0 Å². The summed E-state index contributed by atoms with van der Waals surface area (Å²) in [6.45, 7) is 2.19. The normalized spacial score (nSPS) is 19.2. The standard InChI is InChI=1S/C25H24ClF4N5O2S/c1-13(35-20(23(29)30)10-18(32-35)22(27)28)25(36)34-8-6-14(7-9-34)24-31-19(12-38-24)17-11-21(37-33-17)15-4-2-3-5-16(15)26/h2-5,10,12-14,21-23H,6-9,11H2,1H3/t13?,21-/m0/s1. The van der Waals surface area contributed by atoms with Gasteiger partial charge < -0.3 is 9.74 Å². The Hall–Kier alpha value is -2.99. The van der Waals surface area contributed by atoms with Crippen molar-refractivity contribution in [3.8, 4) is 0 Å². The quantitative estimate of drug-likeness (QED) is 0.297. The summed E-state index contributed by atoms with van der Waals surface area (Å²) in [7, 11) is 0. The van der Waals surface area contributed by atoms with Crippen LogP contribution in [0.4, 0.5) is 17.6 Å². The minimum absolute atomic E-state index is 0.127. The molecule has 1 amide bonds. The summed E-state index contributed by atoms with van der Waals surface area (Å²) in [4.78, 5) is 25.0. The Bertz CT molecular complexity index is 1340. The number of likely N-dealkylation sites (tertiary alicyclic amines) is 1. The molecule has 2 aliphatic rings. The monoisotopic (exact) mass is 569 g/mol. The third kappa shape index (κ3) is 5.28. The van der Waals surface area contributed by atoms with Crippen molar-refractivity contribution < 1.29 is 27.2 Å². The second kappa shape index (κ2) is 11.0. The summed E-state index contributed by atoms with van der Waals surface area (Å²) in [6, 6.07) is 7.00. The molecule has 0 spiro atoms. The van der Waals surface area contributed by atoms with Gasteiger partial charge in [-0.1, -0.05) is 35.0 Å². The number of thiazole rings is 1. The maximum Gasteiger partial charge on any atom is 0.282 e. The molecule has 38 heavy (non-hydrogen) atoms. The van der Waals surface area contributed by atoms with Gasteiger partial charge in [-0.05, 0) is 31.9 Å². The molecule has 0 bridgehead atoms. The fourth-order valence-electron chi connectivity index (χ4n) is 4.76. The number of aromatic nitrogens is 3. The van der Waals surface area contributed by atoms with E-state index in [9.17, 15) is 22.4 Å². The lowest BCUT2D eigenvalue weighted by Gasteiger charge is -2.33. The molecule has 0 saturated carbocycles. The van der Waals surface area contributed by atoms with Crippen molar-refractivity contribution in [1.82, 2.24) is 19.7 Å². The smallest absolute Gasteiger partial charge is 0.282 e.